The van der Waals surface area contributed by atoms with Gasteiger partial charge in [0.2, 0.25) is 0 Å². The van der Waals surface area contributed by atoms with Gasteiger partial charge in [-0.05, 0) is 52.3 Å². The van der Waals surface area contributed by atoms with Crippen LogP contribution in [0.2, 0.25) is 0 Å². The molecule has 0 spiro atoms. The Bertz CT molecular complexity index is 1250. The van der Waals surface area contributed by atoms with Crippen molar-refractivity contribution in [3.05, 3.63) is 93.3 Å². The number of fused-ring (bicyclic) bond motifs is 3. The summed E-state index contributed by atoms with van der Waals surface area (Å²) in [6.07, 6.45) is 1.68. The Kier molecular flexibility index (Phi) is 4.06. The van der Waals surface area contributed by atoms with Gasteiger partial charge in [0.1, 0.15) is 18.1 Å². The smallest absolute Gasteiger partial charge is 0.281 e. The van der Waals surface area contributed by atoms with E-state index >= 15 is 0 Å². The van der Waals surface area contributed by atoms with Crippen molar-refractivity contribution in [2.24, 2.45) is 0 Å². The largest absolute Gasteiger partial charge is 0.488 e. The molecule has 5 nitrogen and oxygen atoms in total. The third-order valence-corrected chi connectivity index (χ3v) is 5.38. The first-order chi connectivity index (χ1) is 13.7. The van der Waals surface area contributed by atoms with Crippen LogP contribution in [-0.2, 0) is 6.61 Å². The van der Waals surface area contributed by atoms with Crippen LogP contribution in [0.25, 0.3) is 28.2 Å². The fraction of sp³-hybridized carbons (Fsp3) is 0.0455. The molecule has 0 atom stereocenters. The Morgan fingerprint density at radius 1 is 0.964 bits per heavy atom. The fourth-order valence-corrected chi connectivity index (χ4v) is 3.87. The second-order valence-corrected chi connectivity index (χ2v) is 7.22. The predicted molar refractivity (Wildman–Crippen MR) is 111 cm³/mol. The number of pyridine rings is 1. The highest BCUT2D eigenvalue weighted by Crippen LogP contribution is 2.38. The topological polar surface area (TPSA) is 57.0 Å². The summed E-state index contributed by atoms with van der Waals surface area (Å²) in [5, 5.41) is 4.74. The molecular formula is C22H14BrN3O2. The van der Waals surface area contributed by atoms with Crippen molar-refractivity contribution in [2.45, 2.75) is 6.61 Å². The molecule has 0 N–H and O–H groups in total. The number of hydrogen-bond donors (Lipinski definition) is 0. The number of halogens is 1. The lowest BCUT2D eigenvalue weighted by molar-refractivity contribution is 0.301. The summed E-state index contributed by atoms with van der Waals surface area (Å²) < 4.78 is 8.14. The Morgan fingerprint density at radius 2 is 1.75 bits per heavy atom. The molecule has 0 fully saturated rings. The highest BCUT2D eigenvalue weighted by atomic mass is 79.9. The Morgan fingerprint density at radius 3 is 2.57 bits per heavy atom. The fourth-order valence-electron chi connectivity index (χ4n) is 3.42. The molecule has 28 heavy (non-hydrogen) atoms. The first-order valence-corrected chi connectivity index (χ1v) is 9.58. The first-order valence-electron chi connectivity index (χ1n) is 8.79. The molecule has 0 unspecified atom stereocenters. The van der Waals surface area contributed by atoms with E-state index < -0.39 is 0 Å². The lowest BCUT2D eigenvalue weighted by atomic mass is 9.97. The third-order valence-electron chi connectivity index (χ3n) is 4.71. The van der Waals surface area contributed by atoms with Crippen LogP contribution in [0, 0.1) is 0 Å². The van der Waals surface area contributed by atoms with E-state index in [0.29, 0.717) is 16.9 Å². The van der Waals surface area contributed by atoms with Crippen molar-refractivity contribution < 1.29 is 4.74 Å². The molecule has 0 radical (unpaired) electrons. The summed E-state index contributed by atoms with van der Waals surface area (Å²) in [5.41, 5.74) is 3.92. The maximum atomic E-state index is 13.5. The van der Waals surface area contributed by atoms with E-state index in [1.54, 1.807) is 6.20 Å². The maximum Gasteiger partial charge on any atom is 0.281 e. The van der Waals surface area contributed by atoms with Gasteiger partial charge in [0.05, 0.1) is 16.9 Å². The van der Waals surface area contributed by atoms with E-state index in [4.69, 9.17) is 9.84 Å². The molecule has 4 aromatic rings. The van der Waals surface area contributed by atoms with Gasteiger partial charge in [-0.1, -0.05) is 30.3 Å². The van der Waals surface area contributed by atoms with Crippen LogP contribution in [0.15, 0.2) is 82.2 Å². The average Bonchev–Trinajstić information content (AvgIpc) is 2.74. The molecule has 0 bridgehead atoms. The van der Waals surface area contributed by atoms with Crippen molar-refractivity contribution >= 4 is 15.9 Å². The number of aromatic nitrogens is 3. The number of ether oxygens (including phenoxy) is 1. The zero-order chi connectivity index (χ0) is 19.1. The second-order valence-electron chi connectivity index (χ2n) is 6.37. The van der Waals surface area contributed by atoms with Gasteiger partial charge >= 0.3 is 0 Å². The van der Waals surface area contributed by atoms with Crippen molar-refractivity contribution in [3.63, 3.8) is 0 Å². The average molecular weight is 432 g/mol. The monoisotopic (exact) mass is 431 g/mol. The van der Waals surface area contributed by atoms with Gasteiger partial charge in [-0.3, -0.25) is 9.78 Å². The molecule has 6 heteroatoms. The van der Waals surface area contributed by atoms with Crippen LogP contribution in [0.1, 0.15) is 5.56 Å². The van der Waals surface area contributed by atoms with E-state index in [1.807, 2.05) is 66.7 Å². The van der Waals surface area contributed by atoms with Crippen LogP contribution < -0.4 is 10.3 Å². The summed E-state index contributed by atoms with van der Waals surface area (Å²) in [6.45, 7) is 0.275. The van der Waals surface area contributed by atoms with E-state index in [2.05, 4.69) is 20.9 Å². The van der Waals surface area contributed by atoms with Crippen LogP contribution in [0.5, 0.6) is 5.75 Å². The quantitative estimate of drug-likeness (QED) is 0.464. The SMILES string of the molecule is O=c1c(-c2ccccn2)c2c(nn1-c1ccccc1Br)-c1ccccc1OC2. The molecular weight excluding hydrogens is 418 g/mol. The normalized spacial score (nSPS) is 12.0. The molecule has 1 aliphatic heterocycles. The molecule has 2 aromatic heterocycles. The molecule has 0 saturated carbocycles. The van der Waals surface area contributed by atoms with Gasteiger partial charge in [0, 0.05) is 21.8 Å². The number of benzene rings is 2. The lowest BCUT2D eigenvalue weighted by Crippen LogP contribution is -2.28. The molecule has 1 aliphatic rings. The Balaban J connectivity index is 1.89. The number of rotatable bonds is 2. The summed E-state index contributed by atoms with van der Waals surface area (Å²) in [6, 6.07) is 20.8. The van der Waals surface area contributed by atoms with Gasteiger partial charge in [-0.15, -0.1) is 0 Å². The van der Waals surface area contributed by atoms with Crippen LogP contribution in [0.4, 0.5) is 0 Å². The second kappa shape index (κ2) is 6.73. The predicted octanol–water partition coefficient (Wildman–Crippen LogP) is 4.62. The van der Waals surface area contributed by atoms with Crippen LogP contribution in [0.3, 0.4) is 0 Å². The standard InChI is InChI=1S/C22H14BrN3O2/c23-16-8-2-3-10-18(16)26-22(27)20(17-9-5-6-12-24-17)15-13-28-19-11-4-1-7-14(19)21(15)25-26/h1-12H,13H2. The van der Waals surface area contributed by atoms with E-state index in [-0.39, 0.29) is 12.2 Å². The van der Waals surface area contributed by atoms with E-state index in [9.17, 15) is 4.79 Å². The molecule has 5 rings (SSSR count). The van der Waals surface area contributed by atoms with Gasteiger partial charge < -0.3 is 4.74 Å². The van der Waals surface area contributed by atoms with Crippen molar-refractivity contribution in [1.29, 1.82) is 0 Å². The van der Waals surface area contributed by atoms with Gasteiger partial charge in [-0.2, -0.15) is 9.78 Å². The minimum Gasteiger partial charge on any atom is -0.488 e. The van der Waals surface area contributed by atoms with Crippen molar-refractivity contribution in [2.75, 3.05) is 0 Å². The maximum absolute atomic E-state index is 13.5. The molecule has 3 heterocycles. The molecule has 136 valence electrons. The van der Waals surface area contributed by atoms with E-state index in [0.717, 1.165) is 27.0 Å². The molecule has 0 aliphatic carbocycles. The van der Waals surface area contributed by atoms with Crippen molar-refractivity contribution in [3.8, 4) is 34.0 Å². The number of para-hydroxylation sites is 2. The number of nitrogens with zero attached hydrogens (tertiary/aromatic N) is 3. The summed E-state index contributed by atoms with van der Waals surface area (Å²) in [7, 11) is 0. The highest BCUT2D eigenvalue weighted by Gasteiger charge is 2.27. The summed E-state index contributed by atoms with van der Waals surface area (Å²) in [4.78, 5) is 17.9. The van der Waals surface area contributed by atoms with Gasteiger partial charge in [0.25, 0.3) is 5.56 Å². The minimum atomic E-state index is -0.229. The first kappa shape index (κ1) is 16.9. The molecule has 0 saturated heterocycles. The van der Waals surface area contributed by atoms with Gasteiger partial charge in [-0.25, -0.2) is 0 Å². The summed E-state index contributed by atoms with van der Waals surface area (Å²) in [5.74, 6) is 0.756. The van der Waals surface area contributed by atoms with Crippen molar-refractivity contribution in [1.82, 2.24) is 14.8 Å². The van der Waals surface area contributed by atoms with Crippen LogP contribution >= 0.6 is 15.9 Å². The lowest BCUT2D eigenvalue weighted by Gasteiger charge is -2.23. The van der Waals surface area contributed by atoms with Gasteiger partial charge in [0.15, 0.2) is 0 Å². The Labute approximate surface area is 169 Å². The third kappa shape index (κ3) is 2.65. The van der Waals surface area contributed by atoms with E-state index in [1.165, 1.54) is 4.68 Å². The van der Waals surface area contributed by atoms with Crippen LogP contribution in [-0.4, -0.2) is 14.8 Å². The minimum absolute atomic E-state index is 0.229. The molecule has 2 aromatic carbocycles. The Hall–Kier alpha value is -3.25. The number of hydrogen-bond acceptors (Lipinski definition) is 4. The zero-order valence-electron chi connectivity index (χ0n) is 14.7. The zero-order valence-corrected chi connectivity index (χ0v) is 16.3. The highest BCUT2D eigenvalue weighted by molar-refractivity contribution is 9.10. The summed E-state index contributed by atoms with van der Waals surface area (Å²) >= 11 is 3.54. The molecule has 0 amide bonds.